The van der Waals surface area contributed by atoms with Crippen molar-refractivity contribution in [3.05, 3.63) is 47.4 Å². The summed E-state index contributed by atoms with van der Waals surface area (Å²) in [6, 6.07) is 7.26. The van der Waals surface area contributed by atoms with E-state index in [0.29, 0.717) is 23.1 Å². The van der Waals surface area contributed by atoms with E-state index in [0.717, 1.165) is 22.3 Å². The minimum Gasteiger partial charge on any atom is -0.495 e. The highest BCUT2D eigenvalue weighted by atomic mass is 35.5. The lowest BCUT2D eigenvalue weighted by Crippen LogP contribution is -2.09. The van der Waals surface area contributed by atoms with E-state index < -0.39 is 0 Å². The number of esters is 1. The maximum absolute atomic E-state index is 12.2. The van der Waals surface area contributed by atoms with Gasteiger partial charge in [-0.15, -0.1) is 0 Å². The number of fused-ring (bicyclic) bond motifs is 1. The zero-order valence-corrected chi connectivity index (χ0v) is 14.9. The summed E-state index contributed by atoms with van der Waals surface area (Å²) in [5, 5.41) is 4.67. The van der Waals surface area contributed by atoms with Crippen molar-refractivity contribution in [2.45, 2.75) is 6.92 Å². The van der Waals surface area contributed by atoms with Gasteiger partial charge in [0, 0.05) is 24.2 Å². The van der Waals surface area contributed by atoms with Gasteiger partial charge in [0.15, 0.2) is 0 Å². The normalized spacial score (nSPS) is 10.7. The molecular formula is C18H18ClN3O3. The van der Waals surface area contributed by atoms with Crippen molar-refractivity contribution in [2.75, 3.05) is 19.0 Å². The Kier molecular flexibility index (Phi) is 4.81. The number of pyridine rings is 1. The van der Waals surface area contributed by atoms with Gasteiger partial charge in [-0.2, -0.15) is 0 Å². The zero-order chi connectivity index (χ0) is 18.0. The van der Waals surface area contributed by atoms with Crippen LogP contribution in [0.3, 0.4) is 0 Å². The molecule has 0 aliphatic carbocycles. The molecule has 3 rings (SSSR count). The Morgan fingerprint density at radius 3 is 2.84 bits per heavy atom. The van der Waals surface area contributed by atoms with Crippen LogP contribution in [-0.2, 0) is 11.8 Å². The molecule has 3 aromatic rings. The molecule has 1 N–H and O–H groups in total. The minimum atomic E-state index is -0.383. The van der Waals surface area contributed by atoms with E-state index in [9.17, 15) is 4.79 Å². The van der Waals surface area contributed by atoms with Crippen LogP contribution in [0.4, 0.5) is 11.4 Å². The van der Waals surface area contributed by atoms with Crippen molar-refractivity contribution >= 4 is 39.8 Å². The number of rotatable bonds is 5. The monoisotopic (exact) mass is 359 g/mol. The number of halogens is 1. The number of hydrogen-bond donors (Lipinski definition) is 1. The number of aryl methyl sites for hydroxylation is 1. The highest BCUT2D eigenvalue weighted by molar-refractivity contribution is 6.36. The lowest BCUT2D eigenvalue weighted by atomic mass is 10.2. The lowest BCUT2D eigenvalue weighted by molar-refractivity contribution is 0.0516. The summed E-state index contributed by atoms with van der Waals surface area (Å²) in [4.78, 5) is 16.3. The molecule has 0 aliphatic heterocycles. The summed E-state index contributed by atoms with van der Waals surface area (Å²) in [6.07, 6.45) is 3.32. The SMILES string of the molecule is CCOC(=O)c1cc2c(Nc3cncc(OC)c3)ccc(Cl)c2n1C. The van der Waals surface area contributed by atoms with E-state index >= 15 is 0 Å². The summed E-state index contributed by atoms with van der Waals surface area (Å²) in [5.74, 6) is 0.266. The van der Waals surface area contributed by atoms with Crippen molar-refractivity contribution in [2.24, 2.45) is 7.05 Å². The van der Waals surface area contributed by atoms with Gasteiger partial charge in [-0.1, -0.05) is 11.6 Å². The third kappa shape index (κ3) is 3.25. The first kappa shape index (κ1) is 17.1. The highest BCUT2D eigenvalue weighted by Gasteiger charge is 2.18. The summed E-state index contributed by atoms with van der Waals surface area (Å²) < 4.78 is 12.0. The van der Waals surface area contributed by atoms with E-state index in [-0.39, 0.29) is 5.97 Å². The Bertz CT molecular complexity index is 937. The average molecular weight is 360 g/mol. The Morgan fingerprint density at radius 1 is 1.32 bits per heavy atom. The summed E-state index contributed by atoms with van der Waals surface area (Å²) in [7, 11) is 3.38. The Hall–Kier alpha value is -2.73. The average Bonchev–Trinajstić information content (AvgIpc) is 2.96. The van der Waals surface area contributed by atoms with Crippen LogP contribution in [0.5, 0.6) is 5.75 Å². The molecule has 0 spiro atoms. The molecule has 7 heteroatoms. The molecule has 25 heavy (non-hydrogen) atoms. The molecule has 6 nitrogen and oxygen atoms in total. The second kappa shape index (κ2) is 7.03. The fourth-order valence-corrected chi connectivity index (χ4v) is 2.98. The van der Waals surface area contributed by atoms with Gasteiger partial charge in [0.1, 0.15) is 11.4 Å². The Labute approximate surface area is 150 Å². The molecule has 0 atom stereocenters. The lowest BCUT2D eigenvalue weighted by Gasteiger charge is -2.10. The van der Waals surface area contributed by atoms with Crippen LogP contribution in [-0.4, -0.2) is 29.2 Å². The van der Waals surface area contributed by atoms with E-state index in [1.54, 1.807) is 50.2 Å². The van der Waals surface area contributed by atoms with Crippen LogP contribution in [0.25, 0.3) is 10.9 Å². The van der Waals surface area contributed by atoms with Crippen LogP contribution in [0.2, 0.25) is 5.02 Å². The molecule has 0 amide bonds. The molecule has 0 saturated heterocycles. The molecule has 130 valence electrons. The van der Waals surface area contributed by atoms with Gasteiger partial charge in [-0.25, -0.2) is 4.79 Å². The van der Waals surface area contributed by atoms with Crippen LogP contribution in [0, 0.1) is 0 Å². The fraction of sp³-hybridized carbons (Fsp3) is 0.222. The zero-order valence-electron chi connectivity index (χ0n) is 14.2. The molecule has 0 fully saturated rings. The molecule has 1 aromatic carbocycles. The highest BCUT2D eigenvalue weighted by Crippen LogP contribution is 2.34. The number of carbonyl (C=O) groups is 1. The van der Waals surface area contributed by atoms with Crippen molar-refractivity contribution in [3.63, 3.8) is 0 Å². The topological polar surface area (TPSA) is 65.4 Å². The third-order valence-electron chi connectivity index (χ3n) is 3.86. The number of aromatic nitrogens is 2. The number of ether oxygens (including phenoxy) is 2. The summed E-state index contributed by atoms with van der Waals surface area (Å²) >= 11 is 6.35. The maximum Gasteiger partial charge on any atom is 0.354 e. The second-order valence-corrected chi connectivity index (χ2v) is 5.81. The molecule has 0 saturated carbocycles. The van der Waals surface area contributed by atoms with Gasteiger partial charge in [-0.05, 0) is 25.1 Å². The minimum absolute atomic E-state index is 0.314. The third-order valence-corrected chi connectivity index (χ3v) is 4.16. The van der Waals surface area contributed by atoms with Gasteiger partial charge in [0.2, 0.25) is 0 Å². The molecule has 2 aromatic heterocycles. The van der Waals surface area contributed by atoms with Crippen LogP contribution in [0.1, 0.15) is 17.4 Å². The van der Waals surface area contributed by atoms with Crippen molar-refractivity contribution in [1.29, 1.82) is 0 Å². The Morgan fingerprint density at radius 2 is 2.12 bits per heavy atom. The standard InChI is InChI=1S/C18H18ClN3O3/c1-4-25-18(23)16-8-13-15(6-5-14(19)17(13)22(16)2)21-11-7-12(24-3)10-20-9-11/h5-10,21H,4H2,1-3H3. The van der Waals surface area contributed by atoms with E-state index in [2.05, 4.69) is 10.3 Å². The van der Waals surface area contributed by atoms with E-state index in [1.165, 1.54) is 0 Å². The summed E-state index contributed by atoms with van der Waals surface area (Å²) in [5.41, 5.74) is 2.77. The predicted molar refractivity (Wildman–Crippen MR) is 98.0 cm³/mol. The molecule has 0 aliphatic rings. The van der Waals surface area contributed by atoms with Crippen LogP contribution >= 0.6 is 11.6 Å². The largest absolute Gasteiger partial charge is 0.495 e. The summed E-state index contributed by atoms with van der Waals surface area (Å²) in [6.45, 7) is 2.09. The van der Waals surface area contributed by atoms with Crippen LogP contribution in [0.15, 0.2) is 36.7 Å². The van der Waals surface area contributed by atoms with Crippen molar-refractivity contribution in [1.82, 2.24) is 9.55 Å². The van der Waals surface area contributed by atoms with E-state index in [4.69, 9.17) is 21.1 Å². The molecule has 0 radical (unpaired) electrons. The second-order valence-electron chi connectivity index (χ2n) is 5.40. The quantitative estimate of drug-likeness (QED) is 0.693. The first-order valence-corrected chi connectivity index (χ1v) is 8.14. The first-order valence-electron chi connectivity index (χ1n) is 7.76. The number of carbonyl (C=O) groups excluding carboxylic acids is 1. The van der Waals surface area contributed by atoms with Gasteiger partial charge in [0.05, 0.1) is 42.3 Å². The van der Waals surface area contributed by atoms with Crippen molar-refractivity contribution in [3.8, 4) is 5.75 Å². The number of methoxy groups -OCH3 is 1. The number of anilines is 2. The van der Waals surface area contributed by atoms with Gasteiger partial charge in [-0.3, -0.25) is 4.98 Å². The van der Waals surface area contributed by atoms with Crippen LogP contribution < -0.4 is 10.1 Å². The number of hydrogen-bond acceptors (Lipinski definition) is 5. The predicted octanol–water partition coefficient (Wildman–Crippen LogP) is 4.16. The Balaban J connectivity index is 2.08. The first-order chi connectivity index (χ1) is 12.0. The van der Waals surface area contributed by atoms with E-state index in [1.807, 2.05) is 12.1 Å². The molecule has 0 bridgehead atoms. The molecule has 2 heterocycles. The fourth-order valence-electron chi connectivity index (χ4n) is 2.69. The van der Waals surface area contributed by atoms with Gasteiger partial charge >= 0.3 is 5.97 Å². The van der Waals surface area contributed by atoms with Gasteiger partial charge < -0.3 is 19.4 Å². The number of nitrogens with zero attached hydrogens (tertiary/aromatic N) is 2. The number of benzene rings is 1. The smallest absolute Gasteiger partial charge is 0.354 e. The van der Waals surface area contributed by atoms with Gasteiger partial charge in [0.25, 0.3) is 0 Å². The number of nitrogens with one attached hydrogen (secondary N) is 1. The van der Waals surface area contributed by atoms with Crippen molar-refractivity contribution < 1.29 is 14.3 Å². The maximum atomic E-state index is 12.2. The molecule has 0 unspecified atom stereocenters. The molecular weight excluding hydrogens is 342 g/mol.